The Bertz CT molecular complexity index is 1090. The number of anilines is 1. The summed E-state index contributed by atoms with van der Waals surface area (Å²) < 4.78 is 16.5. The molecular weight excluding hydrogens is 383 g/mol. The third kappa shape index (κ3) is 4.10. The van der Waals surface area contributed by atoms with Crippen LogP contribution in [0.25, 0.3) is 11.0 Å². The molecule has 1 atom stereocenters. The van der Waals surface area contributed by atoms with Crippen LogP contribution in [0.3, 0.4) is 0 Å². The Morgan fingerprint density at radius 2 is 1.80 bits per heavy atom. The molecule has 1 N–H and O–H groups in total. The first kappa shape index (κ1) is 20.2. The van der Waals surface area contributed by atoms with Gasteiger partial charge in [-0.25, -0.2) is 9.18 Å². The van der Waals surface area contributed by atoms with Crippen LogP contribution in [0, 0.1) is 11.7 Å². The number of aromatic nitrogens is 2. The molecule has 1 aliphatic heterocycles. The van der Waals surface area contributed by atoms with Crippen molar-refractivity contribution in [1.29, 1.82) is 0 Å². The summed E-state index contributed by atoms with van der Waals surface area (Å²) in [5, 5.41) is 3.02. The number of carbonyl (C=O) groups is 1. The van der Waals surface area contributed by atoms with Crippen molar-refractivity contribution in [2.24, 2.45) is 5.92 Å². The van der Waals surface area contributed by atoms with E-state index >= 15 is 0 Å². The van der Waals surface area contributed by atoms with Crippen molar-refractivity contribution in [2.75, 3.05) is 24.5 Å². The molecule has 1 amide bonds. The molecule has 0 saturated carbocycles. The van der Waals surface area contributed by atoms with Gasteiger partial charge in [0.15, 0.2) is 0 Å². The Morgan fingerprint density at radius 1 is 1.10 bits per heavy atom. The Balaban J connectivity index is 1.30. The van der Waals surface area contributed by atoms with E-state index in [9.17, 15) is 14.0 Å². The summed E-state index contributed by atoms with van der Waals surface area (Å²) in [6, 6.07) is 14.2. The fourth-order valence-electron chi connectivity index (χ4n) is 4.24. The molecule has 4 rings (SSSR count). The van der Waals surface area contributed by atoms with Gasteiger partial charge in [0.1, 0.15) is 5.82 Å². The number of carbonyl (C=O) groups excluding carboxylic acids is 1. The first-order valence-electron chi connectivity index (χ1n) is 10.5. The van der Waals surface area contributed by atoms with Crippen LogP contribution < -0.4 is 15.9 Å². The molecule has 1 aromatic heterocycles. The SMILES string of the molecule is CCn1c(=O)n(CCC(=O)NCC2CCN(c3ccc(F)cc3)C2)c2ccccc21. The highest BCUT2D eigenvalue weighted by atomic mass is 19.1. The number of hydrogen-bond acceptors (Lipinski definition) is 3. The van der Waals surface area contributed by atoms with Gasteiger partial charge in [0.25, 0.3) is 0 Å². The Labute approximate surface area is 174 Å². The largest absolute Gasteiger partial charge is 0.371 e. The molecular formula is C23H27FN4O2. The zero-order valence-electron chi connectivity index (χ0n) is 17.2. The first-order valence-corrected chi connectivity index (χ1v) is 10.5. The van der Waals surface area contributed by atoms with Gasteiger partial charge in [0, 0.05) is 44.8 Å². The van der Waals surface area contributed by atoms with E-state index in [-0.39, 0.29) is 23.8 Å². The van der Waals surface area contributed by atoms with Crippen LogP contribution in [0.15, 0.2) is 53.3 Å². The summed E-state index contributed by atoms with van der Waals surface area (Å²) in [7, 11) is 0. The average molecular weight is 410 g/mol. The van der Waals surface area contributed by atoms with Gasteiger partial charge in [0.05, 0.1) is 11.0 Å². The molecule has 2 heterocycles. The maximum Gasteiger partial charge on any atom is 0.329 e. The molecule has 7 heteroatoms. The lowest BCUT2D eigenvalue weighted by molar-refractivity contribution is -0.121. The van der Waals surface area contributed by atoms with Crippen molar-refractivity contribution in [3.63, 3.8) is 0 Å². The van der Waals surface area contributed by atoms with Crippen molar-refractivity contribution in [2.45, 2.75) is 32.9 Å². The minimum atomic E-state index is -0.233. The zero-order chi connectivity index (χ0) is 21.1. The molecule has 1 saturated heterocycles. The molecule has 3 aromatic rings. The van der Waals surface area contributed by atoms with Gasteiger partial charge in [-0.2, -0.15) is 0 Å². The van der Waals surface area contributed by atoms with Crippen LogP contribution in [-0.4, -0.2) is 34.7 Å². The lowest BCUT2D eigenvalue weighted by Crippen LogP contribution is -2.32. The summed E-state index contributed by atoms with van der Waals surface area (Å²) in [6.45, 7) is 5.27. The smallest absolute Gasteiger partial charge is 0.329 e. The second-order valence-corrected chi connectivity index (χ2v) is 7.80. The van der Waals surface area contributed by atoms with E-state index in [1.54, 1.807) is 21.3 Å². The fourth-order valence-corrected chi connectivity index (χ4v) is 4.24. The second-order valence-electron chi connectivity index (χ2n) is 7.80. The highest BCUT2D eigenvalue weighted by Gasteiger charge is 2.23. The predicted octanol–water partition coefficient (Wildman–Crippen LogP) is 2.99. The molecule has 0 spiro atoms. The van der Waals surface area contributed by atoms with Crippen LogP contribution in [-0.2, 0) is 17.9 Å². The number of imidazole rings is 1. The van der Waals surface area contributed by atoms with Crippen LogP contribution in [0.5, 0.6) is 0 Å². The van der Waals surface area contributed by atoms with Gasteiger partial charge >= 0.3 is 5.69 Å². The lowest BCUT2D eigenvalue weighted by atomic mass is 10.1. The fraction of sp³-hybridized carbons (Fsp3) is 0.391. The van der Waals surface area contributed by atoms with Crippen LogP contribution in [0.2, 0.25) is 0 Å². The average Bonchev–Trinajstić information content (AvgIpc) is 3.33. The van der Waals surface area contributed by atoms with Crippen molar-refractivity contribution in [3.05, 3.63) is 64.8 Å². The number of para-hydroxylation sites is 2. The van der Waals surface area contributed by atoms with Crippen LogP contribution in [0.4, 0.5) is 10.1 Å². The van der Waals surface area contributed by atoms with Gasteiger partial charge in [-0.1, -0.05) is 12.1 Å². The minimum absolute atomic E-state index is 0.0459. The van der Waals surface area contributed by atoms with E-state index in [0.717, 1.165) is 36.2 Å². The molecule has 2 aromatic carbocycles. The minimum Gasteiger partial charge on any atom is -0.371 e. The van der Waals surface area contributed by atoms with E-state index in [1.807, 2.05) is 31.2 Å². The molecule has 1 fully saturated rings. The van der Waals surface area contributed by atoms with Crippen molar-refractivity contribution in [1.82, 2.24) is 14.5 Å². The molecule has 6 nitrogen and oxygen atoms in total. The van der Waals surface area contributed by atoms with E-state index in [1.165, 1.54) is 12.1 Å². The Morgan fingerprint density at radius 3 is 2.50 bits per heavy atom. The van der Waals surface area contributed by atoms with E-state index in [4.69, 9.17) is 0 Å². The van der Waals surface area contributed by atoms with Gasteiger partial charge in [-0.3, -0.25) is 13.9 Å². The number of benzene rings is 2. The van der Waals surface area contributed by atoms with Crippen LogP contribution >= 0.6 is 0 Å². The van der Waals surface area contributed by atoms with Gasteiger partial charge < -0.3 is 10.2 Å². The number of halogens is 1. The number of nitrogens with zero attached hydrogens (tertiary/aromatic N) is 3. The molecule has 30 heavy (non-hydrogen) atoms. The number of aryl methyl sites for hydroxylation is 2. The summed E-state index contributed by atoms with van der Waals surface area (Å²) >= 11 is 0. The molecule has 1 aliphatic rings. The number of rotatable bonds is 7. The molecule has 0 aliphatic carbocycles. The Kier molecular flexibility index (Phi) is 5.88. The van der Waals surface area contributed by atoms with Crippen molar-refractivity contribution < 1.29 is 9.18 Å². The Hall–Kier alpha value is -3.09. The maximum absolute atomic E-state index is 13.1. The quantitative estimate of drug-likeness (QED) is 0.652. The van der Waals surface area contributed by atoms with Gasteiger partial charge in [-0.15, -0.1) is 0 Å². The topological polar surface area (TPSA) is 59.3 Å². The van der Waals surface area contributed by atoms with E-state index in [2.05, 4.69) is 10.2 Å². The number of amides is 1. The summed E-state index contributed by atoms with van der Waals surface area (Å²) in [5.41, 5.74) is 2.70. The van der Waals surface area contributed by atoms with Crippen molar-refractivity contribution >= 4 is 22.6 Å². The standard InChI is InChI=1S/C23H27FN4O2/c1-2-27-20-5-3-4-6-21(20)28(23(27)30)14-12-22(29)25-15-17-11-13-26(16-17)19-9-7-18(24)8-10-19/h3-10,17H,2,11-16H2,1H3,(H,25,29). The van der Waals surface area contributed by atoms with Crippen LogP contribution in [0.1, 0.15) is 19.8 Å². The molecule has 1 unspecified atom stereocenters. The first-order chi connectivity index (χ1) is 14.6. The highest BCUT2D eigenvalue weighted by molar-refractivity contribution is 5.78. The third-order valence-electron chi connectivity index (χ3n) is 5.87. The number of hydrogen-bond donors (Lipinski definition) is 1. The maximum atomic E-state index is 13.1. The monoisotopic (exact) mass is 410 g/mol. The van der Waals surface area contributed by atoms with E-state index < -0.39 is 0 Å². The van der Waals surface area contributed by atoms with Crippen molar-refractivity contribution in [3.8, 4) is 0 Å². The highest BCUT2D eigenvalue weighted by Crippen LogP contribution is 2.23. The molecule has 0 bridgehead atoms. The van der Waals surface area contributed by atoms with E-state index in [0.29, 0.717) is 25.6 Å². The summed E-state index contributed by atoms with van der Waals surface area (Å²) in [5.74, 6) is 0.0853. The van der Waals surface area contributed by atoms with Gasteiger partial charge in [0.2, 0.25) is 5.91 Å². The number of fused-ring (bicyclic) bond motifs is 1. The third-order valence-corrected chi connectivity index (χ3v) is 5.87. The predicted molar refractivity (Wildman–Crippen MR) is 116 cm³/mol. The molecule has 158 valence electrons. The summed E-state index contributed by atoms with van der Waals surface area (Å²) in [6.07, 6.45) is 1.26. The second kappa shape index (κ2) is 8.73. The summed E-state index contributed by atoms with van der Waals surface area (Å²) in [4.78, 5) is 27.3. The van der Waals surface area contributed by atoms with Gasteiger partial charge in [-0.05, 0) is 55.7 Å². The number of nitrogens with one attached hydrogen (secondary N) is 1. The lowest BCUT2D eigenvalue weighted by Gasteiger charge is -2.18. The molecule has 0 radical (unpaired) electrons. The zero-order valence-corrected chi connectivity index (χ0v) is 17.2. The normalized spacial score (nSPS) is 16.3.